The summed E-state index contributed by atoms with van der Waals surface area (Å²) >= 11 is 0. The van der Waals surface area contributed by atoms with Crippen LogP contribution in [0.1, 0.15) is 0 Å². The van der Waals surface area contributed by atoms with Crippen LogP contribution in [0.15, 0.2) is 39.7 Å². The van der Waals surface area contributed by atoms with Crippen molar-refractivity contribution < 1.29 is 0 Å². The maximum Gasteiger partial charge on any atom is 0.253 e. The normalized spacial score (nSPS) is 19.6. The van der Waals surface area contributed by atoms with Crippen LogP contribution in [0.3, 0.4) is 0 Å². The summed E-state index contributed by atoms with van der Waals surface area (Å²) in [5, 5.41) is 7.59. The number of guanidine groups is 1. The van der Waals surface area contributed by atoms with E-state index >= 15 is 0 Å². The van der Waals surface area contributed by atoms with Crippen LogP contribution in [0, 0.1) is 0 Å². The quantitative estimate of drug-likeness (QED) is 0.497. The average molecular weight is 146 g/mol. The molecule has 2 aliphatic rings. The predicted molar refractivity (Wildman–Crippen MR) is 44.5 cm³/mol. The number of rotatable bonds is 0. The Labute approximate surface area is 64.0 Å². The second-order valence-corrected chi connectivity index (χ2v) is 2.03. The van der Waals surface area contributed by atoms with Crippen molar-refractivity contribution in [2.75, 3.05) is 0 Å². The molecule has 0 saturated heterocycles. The fourth-order valence-electron chi connectivity index (χ4n) is 0.823. The van der Waals surface area contributed by atoms with Gasteiger partial charge in [-0.2, -0.15) is 5.10 Å². The molecule has 0 aromatic rings. The van der Waals surface area contributed by atoms with Gasteiger partial charge in [0, 0.05) is 18.6 Å². The summed E-state index contributed by atoms with van der Waals surface area (Å²) < 4.78 is 0. The fraction of sp³-hybridized carbons (Fsp3) is 0. The van der Waals surface area contributed by atoms with Gasteiger partial charge in [-0.1, -0.05) is 0 Å². The van der Waals surface area contributed by atoms with E-state index in [0.717, 1.165) is 0 Å². The standard InChI is InChI=1S/C7H6N4/c1-3-8-7-10-9-4-2-6-11(7)5-1/h1-6H. The molecule has 2 aliphatic heterocycles. The summed E-state index contributed by atoms with van der Waals surface area (Å²) in [6.45, 7) is 0. The van der Waals surface area contributed by atoms with Crippen LogP contribution in [0.25, 0.3) is 0 Å². The number of hydrogen-bond acceptors (Lipinski definition) is 4. The van der Waals surface area contributed by atoms with Gasteiger partial charge in [-0.15, -0.1) is 5.10 Å². The van der Waals surface area contributed by atoms with Gasteiger partial charge < -0.3 is 0 Å². The molecule has 4 nitrogen and oxygen atoms in total. The van der Waals surface area contributed by atoms with Crippen molar-refractivity contribution in [2.24, 2.45) is 15.2 Å². The topological polar surface area (TPSA) is 40.3 Å². The zero-order valence-electron chi connectivity index (χ0n) is 5.75. The average Bonchev–Trinajstić information content (AvgIpc) is 2.28. The first-order valence-electron chi connectivity index (χ1n) is 3.24. The van der Waals surface area contributed by atoms with E-state index in [1.165, 1.54) is 0 Å². The SMILES string of the molecule is C1=CN2C=CC=NC2=NN=C1. The molecule has 2 heterocycles. The summed E-state index contributed by atoms with van der Waals surface area (Å²) in [5.74, 6) is 0.595. The first-order chi connectivity index (χ1) is 5.47. The van der Waals surface area contributed by atoms with Crippen LogP contribution in [0.2, 0.25) is 0 Å². The first kappa shape index (κ1) is 6.03. The summed E-state index contributed by atoms with van der Waals surface area (Å²) in [6, 6.07) is 0. The second-order valence-electron chi connectivity index (χ2n) is 2.03. The molecule has 0 radical (unpaired) electrons. The Bertz CT molecular complexity index is 296. The van der Waals surface area contributed by atoms with Crippen molar-refractivity contribution in [1.82, 2.24) is 4.90 Å². The van der Waals surface area contributed by atoms with Crippen LogP contribution in [-0.4, -0.2) is 23.3 Å². The van der Waals surface area contributed by atoms with Gasteiger partial charge in [-0.3, -0.25) is 4.90 Å². The number of fused-ring (bicyclic) bond motifs is 1. The molecule has 11 heavy (non-hydrogen) atoms. The lowest BCUT2D eigenvalue weighted by molar-refractivity contribution is 0.742. The smallest absolute Gasteiger partial charge is 0.253 e. The summed E-state index contributed by atoms with van der Waals surface area (Å²) in [4.78, 5) is 5.81. The number of aliphatic imine (C=N–C) groups is 1. The van der Waals surface area contributed by atoms with Crippen LogP contribution in [-0.2, 0) is 0 Å². The third-order valence-electron chi connectivity index (χ3n) is 1.30. The van der Waals surface area contributed by atoms with Crippen molar-refractivity contribution in [3.8, 4) is 0 Å². The lowest BCUT2D eigenvalue weighted by atomic mass is 10.5. The monoisotopic (exact) mass is 146 g/mol. The highest BCUT2D eigenvalue weighted by molar-refractivity contribution is 5.95. The predicted octanol–water partition coefficient (Wildman–Crippen LogP) is 0.756. The van der Waals surface area contributed by atoms with E-state index in [0.29, 0.717) is 5.96 Å². The van der Waals surface area contributed by atoms with Crippen molar-refractivity contribution in [2.45, 2.75) is 0 Å². The number of allylic oxidation sites excluding steroid dienone is 2. The van der Waals surface area contributed by atoms with Crippen molar-refractivity contribution >= 4 is 18.4 Å². The molecule has 0 unspecified atom stereocenters. The molecule has 0 aromatic heterocycles. The Morgan fingerprint density at radius 3 is 2.82 bits per heavy atom. The van der Waals surface area contributed by atoms with E-state index in [-0.39, 0.29) is 0 Å². The molecule has 0 aromatic carbocycles. The fourth-order valence-corrected chi connectivity index (χ4v) is 0.823. The third-order valence-corrected chi connectivity index (χ3v) is 1.30. The van der Waals surface area contributed by atoms with Gasteiger partial charge in [-0.25, -0.2) is 4.99 Å². The minimum absolute atomic E-state index is 0.595. The van der Waals surface area contributed by atoms with E-state index in [1.807, 2.05) is 24.6 Å². The van der Waals surface area contributed by atoms with Crippen molar-refractivity contribution in [3.05, 3.63) is 24.6 Å². The van der Waals surface area contributed by atoms with Crippen LogP contribution in [0.4, 0.5) is 0 Å². The summed E-state index contributed by atoms with van der Waals surface area (Å²) in [5.41, 5.74) is 0. The van der Waals surface area contributed by atoms with Crippen LogP contribution in [0.5, 0.6) is 0 Å². The molecule has 0 saturated carbocycles. The molecule has 2 rings (SSSR count). The minimum atomic E-state index is 0.595. The van der Waals surface area contributed by atoms with Crippen molar-refractivity contribution in [3.63, 3.8) is 0 Å². The molecule has 0 fully saturated rings. The molecule has 0 N–H and O–H groups in total. The molecular formula is C7H6N4. The lowest BCUT2D eigenvalue weighted by Crippen LogP contribution is -2.19. The Kier molecular flexibility index (Phi) is 1.37. The third kappa shape index (κ3) is 1.10. The molecular weight excluding hydrogens is 140 g/mol. The summed E-state index contributed by atoms with van der Waals surface area (Å²) in [6.07, 6.45) is 10.7. The zero-order chi connectivity index (χ0) is 7.52. The minimum Gasteiger partial charge on any atom is -0.291 e. The summed E-state index contributed by atoms with van der Waals surface area (Å²) in [7, 11) is 0. The van der Waals surface area contributed by atoms with E-state index in [4.69, 9.17) is 0 Å². The Hall–Kier alpha value is -1.71. The van der Waals surface area contributed by atoms with E-state index in [2.05, 4.69) is 15.2 Å². The Morgan fingerprint density at radius 2 is 1.91 bits per heavy atom. The second kappa shape index (κ2) is 2.49. The van der Waals surface area contributed by atoms with Gasteiger partial charge in [0.1, 0.15) is 0 Å². The van der Waals surface area contributed by atoms with Gasteiger partial charge in [0.05, 0.1) is 6.21 Å². The van der Waals surface area contributed by atoms with E-state index < -0.39 is 0 Å². The number of hydrogen-bond donors (Lipinski definition) is 0. The molecule has 0 amide bonds. The van der Waals surface area contributed by atoms with Crippen LogP contribution >= 0.6 is 0 Å². The van der Waals surface area contributed by atoms with E-state index in [1.54, 1.807) is 17.3 Å². The Morgan fingerprint density at radius 1 is 1.09 bits per heavy atom. The molecule has 0 spiro atoms. The maximum absolute atomic E-state index is 4.01. The molecule has 0 bridgehead atoms. The molecule has 0 atom stereocenters. The van der Waals surface area contributed by atoms with Gasteiger partial charge in [0.25, 0.3) is 5.96 Å². The van der Waals surface area contributed by atoms with Gasteiger partial charge in [0.2, 0.25) is 0 Å². The van der Waals surface area contributed by atoms with Gasteiger partial charge in [0.15, 0.2) is 0 Å². The van der Waals surface area contributed by atoms with Gasteiger partial charge >= 0.3 is 0 Å². The number of nitrogens with zero attached hydrogens (tertiary/aromatic N) is 4. The lowest BCUT2D eigenvalue weighted by Gasteiger charge is -2.13. The van der Waals surface area contributed by atoms with Gasteiger partial charge in [-0.05, 0) is 12.2 Å². The first-order valence-corrected chi connectivity index (χ1v) is 3.24. The Balaban J connectivity index is 2.39. The van der Waals surface area contributed by atoms with Crippen LogP contribution < -0.4 is 0 Å². The highest BCUT2D eigenvalue weighted by Crippen LogP contribution is 2.03. The zero-order valence-corrected chi connectivity index (χ0v) is 5.75. The largest absolute Gasteiger partial charge is 0.291 e. The highest BCUT2D eigenvalue weighted by atomic mass is 15.4. The molecule has 54 valence electrons. The highest BCUT2D eigenvalue weighted by Gasteiger charge is 2.06. The molecule has 0 aliphatic carbocycles. The van der Waals surface area contributed by atoms with Crippen molar-refractivity contribution in [1.29, 1.82) is 0 Å². The molecule has 4 heteroatoms. The van der Waals surface area contributed by atoms with E-state index in [9.17, 15) is 0 Å². The maximum atomic E-state index is 4.01.